The molecule has 19 heavy (non-hydrogen) atoms. The first-order valence-electron chi connectivity index (χ1n) is 6.23. The Kier molecular flexibility index (Phi) is 6.79. The highest BCUT2D eigenvalue weighted by atomic mass is 79.9. The van der Waals surface area contributed by atoms with Gasteiger partial charge in [0.15, 0.2) is 0 Å². The van der Waals surface area contributed by atoms with Gasteiger partial charge in [0, 0.05) is 23.7 Å². The summed E-state index contributed by atoms with van der Waals surface area (Å²) in [6.07, 6.45) is -0.556. The Hall–Kier alpha value is -0.620. The number of ether oxygens (including phenoxy) is 2. The highest BCUT2D eigenvalue weighted by Crippen LogP contribution is 2.16. The van der Waals surface area contributed by atoms with Crippen molar-refractivity contribution in [2.45, 2.75) is 25.5 Å². The Bertz CT molecular complexity index is 367. The summed E-state index contributed by atoms with van der Waals surface area (Å²) in [6.45, 7) is 5.37. The van der Waals surface area contributed by atoms with Gasteiger partial charge in [0.1, 0.15) is 18.5 Å². The minimum absolute atomic E-state index is 0.159. The maximum Gasteiger partial charge on any atom is 0.119 e. The van der Waals surface area contributed by atoms with Crippen molar-refractivity contribution in [3.8, 4) is 5.75 Å². The van der Waals surface area contributed by atoms with E-state index < -0.39 is 6.10 Å². The zero-order valence-corrected chi connectivity index (χ0v) is 13.2. The maximum absolute atomic E-state index is 9.86. The van der Waals surface area contributed by atoms with E-state index in [1.54, 1.807) is 7.11 Å². The zero-order chi connectivity index (χ0) is 14.3. The third-order valence-electron chi connectivity index (χ3n) is 2.58. The smallest absolute Gasteiger partial charge is 0.119 e. The van der Waals surface area contributed by atoms with Crippen molar-refractivity contribution in [1.29, 1.82) is 0 Å². The van der Waals surface area contributed by atoms with Crippen molar-refractivity contribution >= 4 is 15.9 Å². The molecule has 4 nitrogen and oxygen atoms in total. The van der Waals surface area contributed by atoms with Crippen LogP contribution in [-0.4, -0.2) is 43.6 Å². The van der Waals surface area contributed by atoms with Gasteiger partial charge in [0.2, 0.25) is 0 Å². The summed E-state index contributed by atoms with van der Waals surface area (Å²) in [5.41, 5.74) is -0.159. The van der Waals surface area contributed by atoms with Gasteiger partial charge in [-0.3, -0.25) is 0 Å². The van der Waals surface area contributed by atoms with Crippen LogP contribution >= 0.6 is 15.9 Å². The van der Waals surface area contributed by atoms with Gasteiger partial charge in [0.05, 0.1) is 6.61 Å². The lowest BCUT2D eigenvalue weighted by molar-refractivity contribution is 0.0813. The van der Waals surface area contributed by atoms with Crippen molar-refractivity contribution < 1.29 is 14.6 Å². The fourth-order valence-electron chi connectivity index (χ4n) is 1.59. The van der Waals surface area contributed by atoms with Gasteiger partial charge in [0.25, 0.3) is 0 Å². The third-order valence-corrected chi connectivity index (χ3v) is 3.11. The lowest BCUT2D eigenvalue weighted by Gasteiger charge is -2.26. The van der Waals surface area contributed by atoms with Gasteiger partial charge in [-0.15, -0.1) is 0 Å². The summed E-state index contributed by atoms with van der Waals surface area (Å²) in [6, 6.07) is 7.53. The number of benzene rings is 1. The standard InChI is InChI=1S/C14H22BrNO3/c1-14(2,10-18-3)16-8-12(17)9-19-13-6-4-11(15)5-7-13/h4-7,12,16-17H,8-10H2,1-3H3. The van der Waals surface area contributed by atoms with Crippen molar-refractivity contribution in [3.63, 3.8) is 0 Å². The van der Waals surface area contributed by atoms with Crippen molar-refractivity contribution in [2.24, 2.45) is 0 Å². The van der Waals surface area contributed by atoms with Gasteiger partial charge < -0.3 is 19.9 Å². The van der Waals surface area contributed by atoms with Gasteiger partial charge in [-0.1, -0.05) is 15.9 Å². The molecule has 1 aromatic carbocycles. The fraction of sp³-hybridized carbons (Fsp3) is 0.571. The molecule has 0 aliphatic carbocycles. The highest BCUT2D eigenvalue weighted by molar-refractivity contribution is 9.10. The average molecular weight is 332 g/mol. The Balaban J connectivity index is 2.28. The number of rotatable bonds is 8. The Labute approximate surface area is 123 Å². The molecule has 0 heterocycles. The van der Waals surface area contributed by atoms with Crippen LogP contribution in [0.3, 0.4) is 0 Å². The molecule has 0 saturated carbocycles. The largest absolute Gasteiger partial charge is 0.491 e. The molecule has 108 valence electrons. The van der Waals surface area contributed by atoms with Crippen LogP contribution in [0.2, 0.25) is 0 Å². The Morgan fingerprint density at radius 3 is 2.53 bits per heavy atom. The van der Waals surface area contributed by atoms with E-state index in [0.29, 0.717) is 13.2 Å². The molecule has 0 bridgehead atoms. The number of hydrogen-bond donors (Lipinski definition) is 2. The predicted molar refractivity (Wildman–Crippen MR) is 79.6 cm³/mol. The predicted octanol–water partition coefficient (Wildman–Crippen LogP) is 2.20. The van der Waals surface area contributed by atoms with Crippen molar-refractivity contribution in [3.05, 3.63) is 28.7 Å². The van der Waals surface area contributed by atoms with E-state index in [0.717, 1.165) is 10.2 Å². The molecular formula is C14H22BrNO3. The number of aliphatic hydroxyl groups is 1. The molecule has 0 aromatic heterocycles. The van der Waals surface area contributed by atoms with E-state index in [2.05, 4.69) is 21.2 Å². The van der Waals surface area contributed by atoms with Crippen LogP contribution in [0.4, 0.5) is 0 Å². The normalized spacial score (nSPS) is 13.3. The van der Waals surface area contributed by atoms with E-state index >= 15 is 0 Å². The summed E-state index contributed by atoms with van der Waals surface area (Å²) < 4.78 is 11.6. The van der Waals surface area contributed by atoms with Gasteiger partial charge in [-0.2, -0.15) is 0 Å². The number of β-amino-alcohol motifs (C(OH)–C–C–N with tert-alkyl or cyclic N) is 1. The zero-order valence-electron chi connectivity index (χ0n) is 11.6. The molecule has 1 atom stereocenters. The summed E-state index contributed by atoms with van der Waals surface area (Å²) in [5.74, 6) is 0.749. The van der Waals surface area contributed by atoms with Crippen LogP contribution in [0.25, 0.3) is 0 Å². The first kappa shape index (κ1) is 16.4. The highest BCUT2D eigenvalue weighted by Gasteiger charge is 2.18. The Morgan fingerprint density at radius 1 is 1.32 bits per heavy atom. The third kappa shape index (κ3) is 6.92. The molecule has 1 unspecified atom stereocenters. The number of halogens is 1. The molecule has 0 saturated heterocycles. The van der Waals surface area contributed by atoms with E-state index in [4.69, 9.17) is 9.47 Å². The summed E-state index contributed by atoms with van der Waals surface area (Å²) in [7, 11) is 1.66. The summed E-state index contributed by atoms with van der Waals surface area (Å²) in [5, 5.41) is 13.1. The minimum Gasteiger partial charge on any atom is -0.491 e. The van der Waals surface area contributed by atoms with Crippen LogP contribution in [0.15, 0.2) is 28.7 Å². The van der Waals surface area contributed by atoms with Gasteiger partial charge in [-0.05, 0) is 38.1 Å². The van der Waals surface area contributed by atoms with Crippen molar-refractivity contribution in [1.82, 2.24) is 5.32 Å². The van der Waals surface area contributed by atoms with Crippen LogP contribution < -0.4 is 10.1 Å². The summed E-state index contributed by atoms with van der Waals surface area (Å²) in [4.78, 5) is 0. The van der Waals surface area contributed by atoms with Crippen LogP contribution in [0, 0.1) is 0 Å². The first-order chi connectivity index (χ1) is 8.93. The molecule has 0 fully saturated rings. The number of nitrogens with one attached hydrogen (secondary N) is 1. The van der Waals surface area contributed by atoms with Crippen LogP contribution in [0.5, 0.6) is 5.75 Å². The maximum atomic E-state index is 9.86. The van der Waals surface area contributed by atoms with Crippen LogP contribution in [0.1, 0.15) is 13.8 Å². The average Bonchev–Trinajstić information content (AvgIpc) is 2.36. The van der Waals surface area contributed by atoms with Gasteiger partial charge >= 0.3 is 0 Å². The quantitative estimate of drug-likeness (QED) is 0.766. The van der Waals surface area contributed by atoms with Crippen LogP contribution in [-0.2, 0) is 4.74 Å². The summed E-state index contributed by atoms with van der Waals surface area (Å²) >= 11 is 3.36. The molecule has 0 spiro atoms. The molecule has 1 aromatic rings. The molecule has 1 rings (SSSR count). The fourth-order valence-corrected chi connectivity index (χ4v) is 1.85. The SMILES string of the molecule is COCC(C)(C)NCC(O)COc1ccc(Br)cc1. The second-order valence-corrected chi connectivity index (χ2v) is 6.03. The molecule has 2 N–H and O–H groups in total. The van der Waals surface area contributed by atoms with E-state index in [1.165, 1.54) is 0 Å². The van der Waals surface area contributed by atoms with E-state index in [-0.39, 0.29) is 12.1 Å². The molecule has 0 amide bonds. The number of aliphatic hydroxyl groups excluding tert-OH is 1. The number of hydrogen-bond acceptors (Lipinski definition) is 4. The van der Waals surface area contributed by atoms with Crippen molar-refractivity contribution in [2.75, 3.05) is 26.9 Å². The molecule has 0 aliphatic heterocycles. The molecule has 0 radical (unpaired) electrons. The molecule has 0 aliphatic rings. The van der Waals surface area contributed by atoms with E-state index in [9.17, 15) is 5.11 Å². The second kappa shape index (κ2) is 7.85. The second-order valence-electron chi connectivity index (χ2n) is 5.12. The lowest BCUT2D eigenvalue weighted by atomic mass is 10.1. The minimum atomic E-state index is -0.556. The monoisotopic (exact) mass is 331 g/mol. The Morgan fingerprint density at radius 2 is 1.95 bits per heavy atom. The first-order valence-corrected chi connectivity index (χ1v) is 7.02. The molecule has 5 heteroatoms. The topological polar surface area (TPSA) is 50.7 Å². The lowest BCUT2D eigenvalue weighted by Crippen LogP contribution is -2.47. The number of methoxy groups -OCH3 is 1. The molecular weight excluding hydrogens is 310 g/mol. The van der Waals surface area contributed by atoms with E-state index in [1.807, 2.05) is 38.1 Å². The van der Waals surface area contributed by atoms with Gasteiger partial charge in [-0.25, -0.2) is 0 Å².